The first-order chi connectivity index (χ1) is 17.6. The molecule has 1 aromatic carbocycles. The number of thioether (sulfide) groups is 2. The van der Waals surface area contributed by atoms with Crippen molar-refractivity contribution in [3.8, 4) is 5.75 Å². The zero-order valence-corrected chi connectivity index (χ0v) is 23.7. The standard InChI is InChI=1S/C26H43NO8S2/c1-4-5-6-7-10-27(14-23(31)25(33)26(34)24(32)15-28)11-12-35-22-9-8-20(16-36-18(2)29)21(13-22)17-37-19(3)30/h8-9,13,23-26,28,31-34H,4-7,10-12,14-17H2,1-3H3/t23-,24+,25+,26+/m0/s1. The maximum absolute atomic E-state index is 11.5. The van der Waals surface area contributed by atoms with E-state index in [1.807, 2.05) is 23.1 Å². The summed E-state index contributed by atoms with van der Waals surface area (Å²) in [5.41, 5.74) is 1.90. The first-order valence-corrected chi connectivity index (χ1v) is 14.6. The average molecular weight is 562 g/mol. The summed E-state index contributed by atoms with van der Waals surface area (Å²) in [6.45, 7) is 5.91. The van der Waals surface area contributed by atoms with Gasteiger partial charge in [0.1, 0.15) is 30.7 Å². The first kappa shape index (κ1) is 33.8. The van der Waals surface area contributed by atoms with Crippen molar-refractivity contribution in [3.05, 3.63) is 29.3 Å². The smallest absolute Gasteiger partial charge is 0.186 e. The summed E-state index contributed by atoms with van der Waals surface area (Å²) in [5, 5.41) is 49.2. The lowest BCUT2D eigenvalue weighted by atomic mass is 10.0. The van der Waals surface area contributed by atoms with Gasteiger partial charge in [0.2, 0.25) is 0 Å². The summed E-state index contributed by atoms with van der Waals surface area (Å²) in [7, 11) is 0. The lowest BCUT2D eigenvalue weighted by Crippen LogP contribution is -2.50. The number of aliphatic hydroxyl groups is 5. The third kappa shape index (κ3) is 14.0. The summed E-state index contributed by atoms with van der Waals surface area (Å²) in [6, 6.07) is 5.61. The number of unbranched alkanes of at least 4 members (excludes halogenated alkanes) is 3. The van der Waals surface area contributed by atoms with Gasteiger partial charge < -0.3 is 30.3 Å². The highest BCUT2D eigenvalue weighted by atomic mass is 32.2. The fourth-order valence-corrected chi connectivity index (χ4v) is 4.88. The van der Waals surface area contributed by atoms with Crippen LogP contribution in [0.25, 0.3) is 0 Å². The maximum atomic E-state index is 11.5. The van der Waals surface area contributed by atoms with Gasteiger partial charge in [-0.3, -0.25) is 14.5 Å². The van der Waals surface area contributed by atoms with Gasteiger partial charge in [0.05, 0.1) is 12.7 Å². The van der Waals surface area contributed by atoms with E-state index in [0.29, 0.717) is 37.0 Å². The van der Waals surface area contributed by atoms with Crippen LogP contribution in [-0.4, -0.2) is 97.9 Å². The van der Waals surface area contributed by atoms with E-state index in [2.05, 4.69) is 6.92 Å². The van der Waals surface area contributed by atoms with Crippen molar-refractivity contribution in [2.45, 2.75) is 82.4 Å². The SMILES string of the molecule is CCCCCCN(CCOc1ccc(CSC(C)=O)c(CSC(C)=O)c1)C[C@H](O)[C@@H](O)[C@H](O)[C@H](O)CO. The molecule has 4 atom stereocenters. The van der Waals surface area contributed by atoms with Crippen LogP contribution in [0.15, 0.2) is 18.2 Å². The minimum Gasteiger partial charge on any atom is -0.492 e. The Balaban J connectivity index is 2.81. The molecule has 0 unspecified atom stereocenters. The number of carbonyl (C=O) groups is 2. The van der Waals surface area contributed by atoms with E-state index in [4.69, 9.17) is 9.84 Å². The Kier molecular flexibility index (Phi) is 17.4. The van der Waals surface area contributed by atoms with E-state index in [1.165, 1.54) is 37.4 Å². The summed E-state index contributed by atoms with van der Waals surface area (Å²) >= 11 is 2.41. The second-order valence-electron chi connectivity index (χ2n) is 9.00. The molecule has 0 amide bonds. The van der Waals surface area contributed by atoms with Crippen molar-refractivity contribution in [2.24, 2.45) is 0 Å². The Morgan fingerprint density at radius 1 is 0.892 bits per heavy atom. The summed E-state index contributed by atoms with van der Waals surface area (Å²) < 4.78 is 5.96. The molecule has 0 saturated heterocycles. The first-order valence-electron chi connectivity index (χ1n) is 12.7. The molecule has 1 aromatic rings. The number of ether oxygens (including phenoxy) is 1. The molecule has 0 aliphatic carbocycles. The van der Waals surface area contributed by atoms with E-state index >= 15 is 0 Å². The number of rotatable bonds is 19. The molecule has 0 fully saturated rings. The minimum absolute atomic E-state index is 0.00702. The third-order valence-electron chi connectivity index (χ3n) is 5.81. The molecule has 5 N–H and O–H groups in total. The van der Waals surface area contributed by atoms with Crippen molar-refractivity contribution in [1.82, 2.24) is 4.90 Å². The van der Waals surface area contributed by atoms with Crippen LogP contribution in [0.2, 0.25) is 0 Å². The summed E-state index contributed by atoms with van der Waals surface area (Å²) in [6.07, 6.45) is -2.04. The van der Waals surface area contributed by atoms with Gasteiger partial charge in [0, 0.05) is 38.4 Å². The zero-order chi connectivity index (χ0) is 27.8. The fraction of sp³-hybridized carbons (Fsp3) is 0.692. The van der Waals surface area contributed by atoms with Crippen molar-refractivity contribution in [3.63, 3.8) is 0 Å². The van der Waals surface area contributed by atoms with Crippen molar-refractivity contribution in [1.29, 1.82) is 0 Å². The molecular weight excluding hydrogens is 518 g/mol. The molecule has 0 heterocycles. The molecule has 1 rings (SSSR count). The second-order valence-corrected chi connectivity index (χ2v) is 11.3. The van der Waals surface area contributed by atoms with E-state index < -0.39 is 31.0 Å². The van der Waals surface area contributed by atoms with Crippen LogP contribution in [0.3, 0.4) is 0 Å². The van der Waals surface area contributed by atoms with Gasteiger partial charge in [-0.05, 0) is 36.2 Å². The molecule has 0 radical (unpaired) electrons. The van der Waals surface area contributed by atoms with Crippen LogP contribution in [-0.2, 0) is 21.1 Å². The Bertz CT molecular complexity index is 813. The van der Waals surface area contributed by atoms with Gasteiger partial charge in [-0.1, -0.05) is 55.8 Å². The molecule has 37 heavy (non-hydrogen) atoms. The molecule has 0 aliphatic rings. The van der Waals surface area contributed by atoms with Crippen LogP contribution in [0.5, 0.6) is 5.75 Å². The topological polar surface area (TPSA) is 148 Å². The quantitative estimate of drug-likeness (QED) is 0.158. The Morgan fingerprint density at radius 3 is 2.11 bits per heavy atom. The molecular formula is C26H43NO8S2. The molecule has 9 nitrogen and oxygen atoms in total. The van der Waals surface area contributed by atoms with Gasteiger partial charge in [0.25, 0.3) is 0 Å². The highest BCUT2D eigenvalue weighted by molar-refractivity contribution is 8.13. The molecule has 0 saturated carbocycles. The lowest BCUT2D eigenvalue weighted by Gasteiger charge is -2.30. The zero-order valence-electron chi connectivity index (χ0n) is 22.0. The van der Waals surface area contributed by atoms with Crippen LogP contribution in [0.1, 0.15) is 57.6 Å². The molecule has 212 valence electrons. The Morgan fingerprint density at radius 2 is 1.51 bits per heavy atom. The number of benzene rings is 1. The lowest BCUT2D eigenvalue weighted by molar-refractivity contribution is -0.119. The van der Waals surface area contributed by atoms with Crippen LogP contribution in [0, 0.1) is 0 Å². The Hall–Kier alpha value is -1.18. The van der Waals surface area contributed by atoms with Crippen molar-refractivity contribution < 1.29 is 39.9 Å². The maximum Gasteiger partial charge on any atom is 0.186 e. The fourth-order valence-electron chi connectivity index (χ4n) is 3.61. The summed E-state index contributed by atoms with van der Waals surface area (Å²) in [5.74, 6) is 1.63. The molecule has 0 spiro atoms. The predicted molar refractivity (Wildman–Crippen MR) is 148 cm³/mol. The monoisotopic (exact) mass is 561 g/mol. The number of aliphatic hydroxyl groups excluding tert-OH is 5. The highest BCUT2D eigenvalue weighted by Gasteiger charge is 2.31. The minimum atomic E-state index is -1.66. The van der Waals surface area contributed by atoms with Crippen LogP contribution in [0.4, 0.5) is 0 Å². The number of carbonyl (C=O) groups excluding carboxylic acids is 2. The van der Waals surface area contributed by atoms with Crippen LogP contribution < -0.4 is 4.74 Å². The highest BCUT2D eigenvalue weighted by Crippen LogP contribution is 2.26. The van der Waals surface area contributed by atoms with Gasteiger partial charge in [-0.2, -0.15) is 0 Å². The second kappa shape index (κ2) is 19.0. The average Bonchev–Trinajstić information content (AvgIpc) is 2.87. The van der Waals surface area contributed by atoms with Crippen molar-refractivity contribution in [2.75, 3.05) is 32.8 Å². The van der Waals surface area contributed by atoms with Crippen LogP contribution >= 0.6 is 23.5 Å². The third-order valence-corrected chi connectivity index (χ3v) is 7.54. The van der Waals surface area contributed by atoms with E-state index in [-0.39, 0.29) is 16.8 Å². The van der Waals surface area contributed by atoms with Crippen molar-refractivity contribution >= 4 is 33.8 Å². The molecule has 0 aromatic heterocycles. The molecule has 11 heteroatoms. The van der Waals surface area contributed by atoms with E-state index in [9.17, 15) is 30.0 Å². The number of hydrogen-bond donors (Lipinski definition) is 5. The van der Waals surface area contributed by atoms with E-state index in [0.717, 1.165) is 36.8 Å². The van der Waals surface area contributed by atoms with Gasteiger partial charge in [-0.15, -0.1) is 0 Å². The van der Waals surface area contributed by atoms with E-state index in [1.54, 1.807) is 0 Å². The largest absolute Gasteiger partial charge is 0.492 e. The number of nitrogens with zero attached hydrogens (tertiary/aromatic N) is 1. The predicted octanol–water partition coefficient (Wildman–Crippen LogP) is 1.94. The summed E-state index contributed by atoms with van der Waals surface area (Å²) in [4.78, 5) is 24.8. The Labute approximate surface area is 228 Å². The van der Waals surface area contributed by atoms with Gasteiger partial charge in [-0.25, -0.2) is 0 Å². The molecule has 0 aliphatic heterocycles. The normalized spacial score (nSPS) is 14.8. The van der Waals surface area contributed by atoms with Gasteiger partial charge >= 0.3 is 0 Å². The van der Waals surface area contributed by atoms with Gasteiger partial charge in [0.15, 0.2) is 10.2 Å². The molecule has 0 bridgehead atoms. The number of hydrogen-bond acceptors (Lipinski definition) is 11.